The Labute approximate surface area is 113 Å². The third-order valence-corrected chi connectivity index (χ3v) is 2.99. The Bertz CT molecular complexity index is 488. The molecule has 0 saturated carbocycles. The molecule has 9 heteroatoms. The van der Waals surface area contributed by atoms with Gasteiger partial charge in [-0.05, 0) is 6.92 Å². The van der Waals surface area contributed by atoms with Crippen molar-refractivity contribution < 1.29 is 19.5 Å². The summed E-state index contributed by atoms with van der Waals surface area (Å²) in [4.78, 5) is 37.9. The highest BCUT2D eigenvalue weighted by atomic mass is 32.1. The number of aryl methyl sites for hydroxylation is 1. The molecular weight excluding hydrogens is 272 g/mol. The van der Waals surface area contributed by atoms with E-state index < -0.39 is 30.4 Å². The third-order valence-electron chi connectivity index (χ3n) is 2.08. The zero-order valence-electron chi connectivity index (χ0n) is 10.2. The molecule has 3 amide bonds. The number of nitrogens with zero attached hydrogens (tertiary/aromatic N) is 1. The second-order valence-corrected chi connectivity index (χ2v) is 5.07. The number of carboxylic acid groups (broad SMARTS) is 1. The Morgan fingerprint density at radius 2 is 2.21 bits per heavy atom. The van der Waals surface area contributed by atoms with Gasteiger partial charge in [-0.2, -0.15) is 0 Å². The monoisotopic (exact) mass is 286 g/mol. The lowest BCUT2D eigenvalue weighted by Crippen LogP contribution is -2.47. The van der Waals surface area contributed by atoms with E-state index in [0.29, 0.717) is 5.01 Å². The van der Waals surface area contributed by atoms with E-state index in [1.165, 1.54) is 11.3 Å². The van der Waals surface area contributed by atoms with Crippen molar-refractivity contribution in [2.45, 2.75) is 25.9 Å². The fourth-order valence-corrected chi connectivity index (χ4v) is 1.98. The topological polar surface area (TPSA) is 134 Å². The summed E-state index contributed by atoms with van der Waals surface area (Å²) in [6, 6.07) is -2.03. The van der Waals surface area contributed by atoms with E-state index in [4.69, 9.17) is 10.8 Å². The van der Waals surface area contributed by atoms with Crippen LogP contribution < -0.4 is 16.4 Å². The molecule has 0 radical (unpaired) electrons. The van der Waals surface area contributed by atoms with Gasteiger partial charge in [0.2, 0.25) is 5.91 Å². The smallest absolute Gasteiger partial charge is 0.326 e. The van der Waals surface area contributed by atoms with Crippen molar-refractivity contribution in [3.63, 3.8) is 0 Å². The van der Waals surface area contributed by atoms with E-state index in [1.807, 2.05) is 6.92 Å². The minimum atomic E-state index is -1.34. The number of carbonyl (C=O) groups is 3. The van der Waals surface area contributed by atoms with Gasteiger partial charge in [0.1, 0.15) is 11.0 Å². The van der Waals surface area contributed by atoms with E-state index in [2.05, 4.69) is 15.6 Å². The molecule has 1 rings (SSSR count). The number of amides is 3. The van der Waals surface area contributed by atoms with E-state index in [0.717, 1.165) is 4.88 Å². The molecule has 1 aromatic heterocycles. The summed E-state index contributed by atoms with van der Waals surface area (Å²) in [6.07, 6.45) is 1.21. The molecule has 0 bridgehead atoms. The Hall–Kier alpha value is -2.16. The minimum absolute atomic E-state index is 0.188. The maximum Gasteiger partial charge on any atom is 0.326 e. The molecule has 19 heavy (non-hydrogen) atoms. The molecule has 1 unspecified atom stereocenters. The molecular formula is C10H14N4O4S. The number of carboxylic acids is 1. The zero-order chi connectivity index (χ0) is 14.4. The van der Waals surface area contributed by atoms with Gasteiger partial charge in [-0.15, -0.1) is 11.3 Å². The fraction of sp³-hybridized carbons (Fsp3) is 0.400. The number of hydrogen-bond donors (Lipinski definition) is 4. The van der Waals surface area contributed by atoms with Crippen molar-refractivity contribution in [1.29, 1.82) is 0 Å². The summed E-state index contributed by atoms with van der Waals surface area (Å²) in [5, 5.41) is 14.1. The van der Waals surface area contributed by atoms with Crippen LogP contribution in [0, 0.1) is 6.92 Å². The summed E-state index contributed by atoms with van der Waals surface area (Å²) in [6.45, 7) is 2.07. The van der Waals surface area contributed by atoms with Crippen LogP contribution in [0.5, 0.6) is 0 Å². The third kappa shape index (κ3) is 5.34. The number of urea groups is 1. The predicted molar refractivity (Wildman–Crippen MR) is 67.5 cm³/mol. The highest BCUT2D eigenvalue weighted by Crippen LogP contribution is 2.10. The number of aromatic nitrogens is 1. The molecule has 0 aliphatic heterocycles. The average molecular weight is 286 g/mol. The van der Waals surface area contributed by atoms with Crippen LogP contribution in [0.25, 0.3) is 0 Å². The first-order valence-corrected chi connectivity index (χ1v) is 6.17. The minimum Gasteiger partial charge on any atom is -0.480 e. The zero-order valence-corrected chi connectivity index (χ0v) is 11.0. The quantitative estimate of drug-likeness (QED) is 0.563. The molecule has 5 N–H and O–H groups in total. The maximum absolute atomic E-state index is 11.5. The summed E-state index contributed by atoms with van der Waals surface area (Å²) >= 11 is 1.42. The van der Waals surface area contributed by atoms with Crippen molar-refractivity contribution in [2.75, 3.05) is 0 Å². The van der Waals surface area contributed by atoms with Crippen LogP contribution in [0.2, 0.25) is 0 Å². The fourth-order valence-electron chi connectivity index (χ4n) is 1.25. The van der Waals surface area contributed by atoms with Crippen molar-refractivity contribution in [3.8, 4) is 0 Å². The first-order chi connectivity index (χ1) is 8.88. The second-order valence-electron chi connectivity index (χ2n) is 3.75. The molecule has 1 aromatic rings. The molecule has 1 heterocycles. The molecule has 0 aliphatic rings. The number of nitrogens with two attached hydrogens (primary N) is 1. The standard InChI is InChI=1S/C10H14N4O4S/c1-5-3-12-8(19-5)4-13-10(18)14-6(9(16)17)2-7(11)15/h3,6H,2,4H2,1H3,(H2,11,15)(H,16,17)(H2,13,14,18). The predicted octanol–water partition coefficient (Wildman–Crippen LogP) is -0.421. The Balaban J connectivity index is 2.44. The lowest BCUT2D eigenvalue weighted by molar-refractivity contribution is -0.140. The molecule has 0 saturated heterocycles. The maximum atomic E-state index is 11.5. The summed E-state index contributed by atoms with van der Waals surface area (Å²) in [7, 11) is 0. The molecule has 0 aliphatic carbocycles. The van der Waals surface area contributed by atoms with Crippen LogP contribution in [-0.2, 0) is 16.1 Å². The highest BCUT2D eigenvalue weighted by molar-refractivity contribution is 7.11. The summed E-state index contributed by atoms with van der Waals surface area (Å²) in [5.74, 6) is -2.12. The van der Waals surface area contributed by atoms with Gasteiger partial charge in [0.25, 0.3) is 0 Å². The largest absolute Gasteiger partial charge is 0.480 e. The van der Waals surface area contributed by atoms with Gasteiger partial charge in [-0.25, -0.2) is 14.6 Å². The van der Waals surface area contributed by atoms with E-state index in [9.17, 15) is 14.4 Å². The second kappa shape index (κ2) is 6.69. The van der Waals surface area contributed by atoms with Crippen LogP contribution in [-0.4, -0.2) is 34.0 Å². The van der Waals surface area contributed by atoms with E-state index in [1.54, 1.807) is 6.20 Å². The van der Waals surface area contributed by atoms with Crippen LogP contribution in [0.15, 0.2) is 6.20 Å². The van der Waals surface area contributed by atoms with Crippen LogP contribution in [0.3, 0.4) is 0 Å². The van der Waals surface area contributed by atoms with E-state index in [-0.39, 0.29) is 6.54 Å². The SMILES string of the molecule is Cc1cnc(CNC(=O)NC(CC(N)=O)C(=O)O)s1. The highest BCUT2D eigenvalue weighted by Gasteiger charge is 2.21. The van der Waals surface area contributed by atoms with Gasteiger partial charge in [0.15, 0.2) is 0 Å². The number of primary amides is 1. The van der Waals surface area contributed by atoms with Gasteiger partial charge in [0.05, 0.1) is 13.0 Å². The average Bonchev–Trinajstić information content (AvgIpc) is 2.71. The molecule has 104 valence electrons. The van der Waals surface area contributed by atoms with Crippen LogP contribution >= 0.6 is 11.3 Å². The Morgan fingerprint density at radius 3 is 2.68 bits per heavy atom. The number of thiazole rings is 1. The molecule has 8 nitrogen and oxygen atoms in total. The van der Waals surface area contributed by atoms with Crippen LogP contribution in [0.1, 0.15) is 16.3 Å². The van der Waals surface area contributed by atoms with Gasteiger partial charge in [-0.3, -0.25) is 4.79 Å². The first-order valence-electron chi connectivity index (χ1n) is 5.35. The Morgan fingerprint density at radius 1 is 1.53 bits per heavy atom. The van der Waals surface area contributed by atoms with E-state index >= 15 is 0 Å². The molecule has 1 atom stereocenters. The lowest BCUT2D eigenvalue weighted by Gasteiger charge is -2.13. The van der Waals surface area contributed by atoms with Crippen molar-refractivity contribution in [1.82, 2.24) is 15.6 Å². The van der Waals surface area contributed by atoms with Crippen LogP contribution in [0.4, 0.5) is 4.79 Å². The van der Waals surface area contributed by atoms with Gasteiger partial charge in [0, 0.05) is 11.1 Å². The lowest BCUT2D eigenvalue weighted by atomic mass is 10.2. The van der Waals surface area contributed by atoms with Crippen molar-refractivity contribution in [3.05, 3.63) is 16.1 Å². The van der Waals surface area contributed by atoms with Crippen molar-refractivity contribution >= 4 is 29.2 Å². The van der Waals surface area contributed by atoms with Gasteiger partial charge < -0.3 is 21.5 Å². The number of nitrogens with one attached hydrogen (secondary N) is 2. The van der Waals surface area contributed by atoms with Gasteiger partial charge in [-0.1, -0.05) is 0 Å². The molecule has 0 aromatic carbocycles. The number of rotatable bonds is 6. The van der Waals surface area contributed by atoms with Crippen molar-refractivity contribution in [2.24, 2.45) is 5.73 Å². The Kier molecular flexibility index (Phi) is 5.24. The summed E-state index contributed by atoms with van der Waals surface area (Å²) in [5.41, 5.74) is 4.89. The number of carbonyl (C=O) groups excluding carboxylic acids is 2. The summed E-state index contributed by atoms with van der Waals surface area (Å²) < 4.78 is 0. The normalized spacial score (nSPS) is 11.6. The first kappa shape index (κ1) is 14.9. The number of hydrogen-bond acceptors (Lipinski definition) is 5. The van der Waals surface area contributed by atoms with Gasteiger partial charge >= 0.3 is 12.0 Å². The number of aliphatic carboxylic acids is 1. The molecule has 0 spiro atoms. The molecule has 0 fully saturated rings.